The zero-order valence-corrected chi connectivity index (χ0v) is 12.2. The fourth-order valence-electron chi connectivity index (χ4n) is 3.23. The molecule has 1 aromatic rings. The molecule has 1 saturated carbocycles. The molecule has 1 aliphatic rings. The fourth-order valence-corrected chi connectivity index (χ4v) is 3.23. The SMILES string of the molecule is CNC1CCC(C)CC1CN(C)c1ccc(F)cc1. The second-order valence-electron chi connectivity index (χ2n) is 5.93. The highest BCUT2D eigenvalue weighted by atomic mass is 19.1. The van der Waals surface area contributed by atoms with Crippen LogP contribution in [0.3, 0.4) is 0 Å². The van der Waals surface area contributed by atoms with Crippen molar-refractivity contribution in [3.63, 3.8) is 0 Å². The van der Waals surface area contributed by atoms with Gasteiger partial charge in [-0.15, -0.1) is 0 Å². The van der Waals surface area contributed by atoms with Crippen LogP contribution in [0.2, 0.25) is 0 Å². The molecule has 1 aromatic carbocycles. The van der Waals surface area contributed by atoms with Gasteiger partial charge in [0.05, 0.1) is 0 Å². The van der Waals surface area contributed by atoms with Crippen LogP contribution >= 0.6 is 0 Å². The van der Waals surface area contributed by atoms with Gasteiger partial charge in [0.1, 0.15) is 5.82 Å². The lowest BCUT2D eigenvalue weighted by Crippen LogP contribution is -2.43. The first kappa shape index (κ1) is 14.3. The molecule has 0 radical (unpaired) electrons. The molecular weight excluding hydrogens is 239 g/mol. The number of anilines is 1. The first-order valence-electron chi connectivity index (χ1n) is 7.24. The number of benzene rings is 1. The summed E-state index contributed by atoms with van der Waals surface area (Å²) < 4.78 is 12.9. The number of nitrogens with zero attached hydrogens (tertiary/aromatic N) is 1. The predicted molar refractivity (Wildman–Crippen MR) is 79.0 cm³/mol. The zero-order chi connectivity index (χ0) is 13.8. The van der Waals surface area contributed by atoms with E-state index in [-0.39, 0.29) is 5.82 Å². The van der Waals surface area contributed by atoms with Gasteiger partial charge in [0.25, 0.3) is 0 Å². The first-order chi connectivity index (χ1) is 9.10. The van der Waals surface area contributed by atoms with Crippen LogP contribution in [0.4, 0.5) is 10.1 Å². The molecular formula is C16H25FN2. The molecule has 3 atom stereocenters. The molecule has 1 N–H and O–H groups in total. The summed E-state index contributed by atoms with van der Waals surface area (Å²) >= 11 is 0. The molecule has 19 heavy (non-hydrogen) atoms. The fraction of sp³-hybridized carbons (Fsp3) is 0.625. The van der Waals surface area contributed by atoms with Gasteiger partial charge in [-0.05, 0) is 62.4 Å². The summed E-state index contributed by atoms with van der Waals surface area (Å²) in [5, 5.41) is 3.45. The third kappa shape index (κ3) is 3.69. The highest BCUT2D eigenvalue weighted by Crippen LogP contribution is 2.30. The molecule has 0 spiro atoms. The van der Waals surface area contributed by atoms with E-state index in [0.29, 0.717) is 12.0 Å². The van der Waals surface area contributed by atoms with Crippen molar-refractivity contribution < 1.29 is 4.39 Å². The Morgan fingerprint density at radius 1 is 1.26 bits per heavy atom. The minimum atomic E-state index is -0.170. The monoisotopic (exact) mass is 264 g/mol. The van der Waals surface area contributed by atoms with Gasteiger partial charge in [-0.3, -0.25) is 0 Å². The van der Waals surface area contributed by atoms with Crippen molar-refractivity contribution in [2.24, 2.45) is 11.8 Å². The summed E-state index contributed by atoms with van der Waals surface area (Å²) in [6.45, 7) is 3.37. The molecule has 0 aliphatic heterocycles. The van der Waals surface area contributed by atoms with Crippen LogP contribution < -0.4 is 10.2 Å². The maximum atomic E-state index is 12.9. The van der Waals surface area contributed by atoms with Crippen molar-refractivity contribution in [3.05, 3.63) is 30.1 Å². The summed E-state index contributed by atoms with van der Waals surface area (Å²) in [5.41, 5.74) is 1.09. The molecule has 1 aliphatic carbocycles. The van der Waals surface area contributed by atoms with Crippen LogP contribution in [0.5, 0.6) is 0 Å². The Bertz CT molecular complexity index is 390. The maximum Gasteiger partial charge on any atom is 0.123 e. The number of nitrogens with one attached hydrogen (secondary N) is 1. The quantitative estimate of drug-likeness (QED) is 0.897. The first-order valence-corrected chi connectivity index (χ1v) is 7.24. The highest BCUT2D eigenvalue weighted by molar-refractivity contribution is 5.45. The average molecular weight is 264 g/mol. The van der Waals surface area contributed by atoms with E-state index in [9.17, 15) is 4.39 Å². The highest BCUT2D eigenvalue weighted by Gasteiger charge is 2.28. The second kappa shape index (κ2) is 6.38. The molecule has 1 fully saturated rings. The summed E-state index contributed by atoms with van der Waals surface area (Å²) in [5.74, 6) is 1.32. The van der Waals surface area contributed by atoms with Gasteiger partial charge >= 0.3 is 0 Å². The molecule has 0 amide bonds. The normalized spacial score (nSPS) is 27.3. The summed E-state index contributed by atoms with van der Waals surface area (Å²) in [7, 11) is 4.16. The molecule has 0 saturated heterocycles. The van der Waals surface area contributed by atoms with E-state index < -0.39 is 0 Å². The van der Waals surface area contributed by atoms with Crippen molar-refractivity contribution in [2.75, 3.05) is 25.5 Å². The maximum absolute atomic E-state index is 12.9. The largest absolute Gasteiger partial charge is 0.374 e. The van der Waals surface area contributed by atoms with Gasteiger partial charge in [-0.1, -0.05) is 6.92 Å². The van der Waals surface area contributed by atoms with Crippen LogP contribution in [-0.4, -0.2) is 26.7 Å². The van der Waals surface area contributed by atoms with Crippen molar-refractivity contribution >= 4 is 5.69 Å². The lowest BCUT2D eigenvalue weighted by Gasteiger charge is -2.37. The van der Waals surface area contributed by atoms with Gasteiger partial charge < -0.3 is 10.2 Å². The number of hydrogen-bond acceptors (Lipinski definition) is 2. The van der Waals surface area contributed by atoms with E-state index in [1.165, 1.54) is 31.4 Å². The Balaban J connectivity index is 1.99. The van der Waals surface area contributed by atoms with Crippen LogP contribution in [-0.2, 0) is 0 Å². The summed E-state index contributed by atoms with van der Waals surface area (Å²) in [6, 6.07) is 7.39. The number of hydrogen-bond donors (Lipinski definition) is 1. The molecule has 2 rings (SSSR count). The van der Waals surface area contributed by atoms with Crippen molar-refractivity contribution in [1.82, 2.24) is 5.32 Å². The number of rotatable bonds is 4. The van der Waals surface area contributed by atoms with E-state index in [0.717, 1.165) is 18.2 Å². The van der Waals surface area contributed by atoms with E-state index in [2.05, 4.69) is 31.2 Å². The van der Waals surface area contributed by atoms with Gasteiger partial charge in [0.15, 0.2) is 0 Å². The Morgan fingerprint density at radius 2 is 1.95 bits per heavy atom. The van der Waals surface area contributed by atoms with Crippen LogP contribution in [0.1, 0.15) is 26.2 Å². The van der Waals surface area contributed by atoms with Crippen molar-refractivity contribution in [2.45, 2.75) is 32.2 Å². The van der Waals surface area contributed by atoms with Crippen LogP contribution in [0, 0.1) is 17.7 Å². The Hall–Kier alpha value is -1.09. The molecule has 0 bridgehead atoms. The van der Waals surface area contributed by atoms with Gasteiger partial charge in [-0.2, -0.15) is 0 Å². The zero-order valence-electron chi connectivity index (χ0n) is 12.2. The van der Waals surface area contributed by atoms with Crippen LogP contribution in [0.15, 0.2) is 24.3 Å². The van der Waals surface area contributed by atoms with Crippen molar-refractivity contribution in [3.8, 4) is 0 Å². The lowest BCUT2D eigenvalue weighted by atomic mass is 9.78. The Kier molecular flexibility index (Phi) is 4.81. The second-order valence-corrected chi connectivity index (χ2v) is 5.93. The summed E-state index contributed by atoms with van der Waals surface area (Å²) in [6.07, 6.45) is 3.86. The molecule has 0 aromatic heterocycles. The van der Waals surface area contributed by atoms with Gasteiger partial charge in [-0.25, -0.2) is 4.39 Å². The molecule has 2 nitrogen and oxygen atoms in total. The Labute approximate surface area is 116 Å². The van der Waals surface area contributed by atoms with E-state index >= 15 is 0 Å². The molecule has 3 heteroatoms. The minimum Gasteiger partial charge on any atom is -0.374 e. The molecule has 3 unspecified atom stereocenters. The van der Waals surface area contributed by atoms with Crippen LogP contribution in [0.25, 0.3) is 0 Å². The molecule has 106 valence electrons. The third-order valence-electron chi connectivity index (χ3n) is 4.39. The number of halogens is 1. The topological polar surface area (TPSA) is 15.3 Å². The lowest BCUT2D eigenvalue weighted by molar-refractivity contribution is 0.225. The molecule has 0 heterocycles. The van der Waals surface area contributed by atoms with E-state index in [1.807, 2.05) is 12.1 Å². The standard InChI is InChI=1S/C16H25FN2/c1-12-4-9-16(18-2)13(10-12)11-19(3)15-7-5-14(17)6-8-15/h5-8,12-13,16,18H,4,9-11H2,1-3H3. The predicted octanol–water partition coefficient (Wildman–Crippen LogP) is 3.29. The average Bonchev–Trinajstić information content (AvgIpc) is 2.39. The van der Waals surface area contributed by atoms with E-state index in [1.54, 1.807) is 0 Å². The van der Waals surface area contributed by atoms with E-state index in [4.69, 9.17) is 0 Å². The Morgan fingerprint density at radius 3 is 2.58 bits per heavy atom. The van der Waals surface area contributed by atoms with Gasteiger partial charge in [0, 0.05) is 25.3 Å². The van der Waals surface area contributed by atoms with Gasteiger partial charge in [0.2, 0.25) is 0 Å². The smallest absolute Gasteiger partial charge is 0.123 e. The minimum absolute atomic E-state index is 0.170. The van der Waals surface area contributed by atoms with Crippen molar-refractivity contribution in [1.29, 1.82) is 0 Å². The third-order valence-corrected chi connectivity index (χ3v) is 4.39. The summed E-state index contributed by atoms with van der Waals surface area (Å²) in [4.78, 5) is 2.24.